The number of amides is 1. The fraction of sp³-hybridized carbons (Fsp3) is 0.980. The molecule has 0 aromatic carbocycles. The molecule has 1 fully saturated rings. The first-order valence-electron chi connectivity index (χ1n) is 25.3. The number of nitrogens with one attached hydrogen (secondary N) is 1. The van der Waals surface area contributed by atoms with Crippen molar-refractivity contribution in [3.05, 3.63) is 0 Å². The second kappa shape index (κ2) is 40.0. The Labute approximate surface area is 362 Å². The lowest BCUT2D eigenvalue weighted by Crippen LogP contribution is -2.60. The van der Waals surface area contributed by atoms with Gasteiger partial charge in [0.2, 0.25) is 5.91 Å². The van der Waals surface area contributed by atoms with Gasteiger partial charge in [-0.25, -0.2) is 0 Å². The zero-order valence-corrected chi connectivity index (χ0v) is 38.4. The summed E-state index contributed by atoms with van der Waals surface area (Å²) in [5.41, 5.74) is 0. The molecule has 0 bridgehead atoms. The molecule has 2 unspecified atom stereocenters. The van der Waals surface area contributed by atoms with Gasteiger partial charge in [-0.1, -0.05) is 226 Å². The normalized spacial score (nSPS) is 21.1. The highest BCUT2D eigenvalue weighted by molar-refractivity contribution is 5.76. The molecule has 10 nitrogen and oxygen atoms in total. The molecule has 1 aliphatic heterocycles. The highest BCUT2D eigenvalue weighted by Gasteiger charge is 2.44. The summed E-state index contributed by atoms with van der Waals surface area (Å²) < 4.78 is 11.2. The molecule has 10 heteroatoms. The van der Waals surface area contributed by atoms with Crippen LogP contribution in [0.25, 0.3) is 0 Å². The van der Waals surface area contributed by atoms with Gasteiger partial charge < -0.3 is 45.4 Å². The lowest BCUT2D eigenvalue weighted by atomic mass is 9.98. The lowest BCUT2D eigenvalue weighted by Gasteiger charge is -2.40. The zero-order chi connectivity index (χ0) is 43.2. The summed E-state index contributed by atoms with van der Waals surface area (Å²) in [7, 11) is 0. The van der Waals surface area contributed by atoms with Crippen molar-refractivity contribution >= 4 is 5.91 Å². The smallest absolute Gasteiger partial charge is 0.220 e. The molecule has 1 aliphatic rings. The van der Waals surface area contributed by atoms with Crippen LogP contribution >= 0.6 is 0 Å². The first-order valence-corrected chi connectivity index (χ1v) is 25.3. The number of unbranched alkanes of at least 4 members (excludes halogenated alkanes) is 32. The van der Waals surface area contributed by atoms with Gasteiger partial charge >= 0.3 is 0 Å². The third kappa shape index (κ3) is 30.0. The van der Waals surface area contributed by atoms with E-state index in [9.17, 15) is 35.4 Å². The van der Waals surface area contributed by atoms with E-state index < -0.39 is 55.6 Å². The SMILES string of the molecule is CCCCCCCCCCCCCCCCCCCCCCCC(=O)N[C@@H](CO[C@@H]1O[C@H](CO)[C@H](O)C(O)C1O)[C@H](O)[C@H](O)CCCCCCCCCCCCCCC. The third-order valence-corrected chi connectivity index (χ3v) is 12.6. The predicted octanol–water partition coefficient (Wildman–Crippen LogP) is 10.1. The van der Waals surface area contributed by atoms with E-state index in [4.69, 9.17) is 9.47 Å². The molecule has 59 heavy (non-hydrogen) atoms. The maximum absolute atomic E-state index is 13.0. The van der Waals surface area contributed by atoms with Crippen LogP contribution in [0.4, 0.5) is 0 Å². The van der Waals surface area contributed by atoms with Gasteiger partial charge in [0.25, 0.3) is 0 Å². The van der Waals surface area contributed by atoms with Gasteiger partial charge in [0, 0.05) is 6.42 Å². The molecular formula is C49H97NO9. The van der Waals surface area contributed by atoms with Crippen molar-refractivity contribution < 1.29 is 44.9 Å². The fourth-order valence-electron chi connectivity index (χ4n) is 8.44. The van der Waals surface area contributed by atoms with Crippen LogP contribution in [0.2, 0.25) is 0 Å². The quantitative estimate of drug-likeness (QED) is 0.0296. The van der Waals surface area contributed by atoms with E-state index in [1.807, 2.05) is 0 Å². The van der Waals surface area contributed by atoms with E-state index >= 15 is 0 Å². The van der Waals surface area contributed by atoms with Gasteiger partial charge in [0.1, 0.15) is 30.5 Å². The van der Waals surface area contributed by atoms with Crippen LogP contribution in [0.1, 0.15) is 245 Å². The van der Waals surface area contributed by atoms with Crippen LogP contribution in [0.3, 0.4) is 0 Å². The molecule has 0 radical (unpaired) electrons. The Hall–Kier alpha value is -0.850. The van der Waals surface area contributed by atoms with Crippen molar-refractivity contribution in [3.8, 4) is 0 Å². The first kappa shape index (κ1) is 56.2. The Bertz CT molecular complexity index is 911. The molecule has 1 rings (SSSR count). The number of aliphatic hydroxyl groups is 6. The maximum Gasteiger partial charge on any atom is 0.220 e. The van der Waals surface area contributed by atoms with Crippen molar-refractivity contribution in [3.63, 3.8) is 0 Å². The fourth-order valence-corrected chi connectivity index (χ4v) is 8.44. The molecule has 8 atom stereocenters. The average Bonchev–Trinajstić information content (AvgIpc) is 3.23. The molecule has 1 heterocycles. The van der Waals surface area contributed by atoms with E-state index in [1.165, 1.54) is 180 Å². The number of aliphatic hydroxyl groups excluding tert-OH is 6. The molecule has 0 aromatic rings. The van der Waals surface area contributed by atoms with E-state index in [0.29, 0.717) is 6.42 Å². The third-order valence-electron chi connectivity index (χ3n) is 12.6. The second-order valence-electron chi connectivity index (χ2n) is 18.1. The minimum absolute atomic E-state index is 0.252. The summed E-state index contributed by atoms with van der Waals surface area (Å²) in [5.74, 6) is -0.252. The van der Waals surface area contributed by atoms with Crippen LogP contribution in [0.5, 0.6) is 0 Å². The van der Waals surface area contributed by atoms with Crippen molar-refractivity contribution in [1.82, 2.24) is 5.32 Å². The van der Waals surface area contributed by atoms with E-state index in [2.05, 4.69) is 19.2 Å². The van der Waals surface area contributed by atoms with E-state index in [0.717, 1.165) is 38.5 Å². The molecule has 0 aliphatic carbocycles. The van der Waals surface area contributed by atoms with Gasteiger partial charge in [-0.05, 0) is 12.8 Å². The van der Waals surface area contributed by atoms with Crippen molar-refractivity contribution in [2.45, 2.75) is 294 Å². The summed E-state index contributed by atoms with van der Waals surface area (Å²) in [4.78, 5) is 13.0. The largest absolute Gasteiger partial charge is 0.394 e. The minimum atomic E-state index is -1.60. The average molecular weight is 844 g/mol. The Kier molecular flexibility index (Phi) is 38.0. The number of carbonyl (C=O) groups excluding carboxylic acids is 1. The van der Waals surface area contributed by atoms with Crippen molar-refractivity contribution in [1.29, 1.82) is 0 Å². The van der Waals surface area contributed by atoms with Crippen LogP contribution < -0.4 is 5.32 Å². The van der Waals surface area contributed by atoms with Crippen molar-refractivity contribution in [2.24, 2.45) is 0 Å². The zero-order valence-electron chi connectivity index (χ0n) is 38.4. The maximum atomic E-state index is 13.0. The monoisotopic (exact) mass is 844 g/mol. The molecule has 0 spiro atoms. The van der Waals surface area contributed by atoms with Crippen LogP contribution in [0, 0.1) is 0 Å². The molecule has 352 valence electrons. The summed E-state index contributed by atoms with van der Waals surface area (Å²) in [6, 6.07) is -0.984. The molecule has 0 aromatic heterocycles. The number of hydrogen-bond donors (Lipinski definition) is 7. The van der Waals surface area contributed by atoms with Crippen molar-refractivity contribution in [2.75, 3.05) is 13.2 Å². The van der Waals surface area contributed by atoms with Gasteiger partial charge in [0.15, 0.2) is 6.29 Å². The van der Waals surface area contributed by atoms with Crippen LogP contribution in [0.15, 0.2) is 0 Å². The molecule has 7 N–H and O–H groups in total. The number of hydrogen-bond acceptors (Lipinski definition) is 9. The van der Waals surface area contributed by atoms with Gasteiger partial charge in [0.05, 0.1) is 25.4 Å². The van der Waals surface area contributed by atoms with Crippen LogP contribution in [-0.4, -0.2) is 98.7 Å². The van der Waals surface area contributed by atoms with Gasteiger partial charge in [-0.2, -0.15) is 0 Å². The minimum Gasteiger partial charge on any atom is -0.394 e. The molecule has 0 saturated carbocycles. The van der Waals surface area contributed by atoms with Crippen LogP contribution in [-0.2, 0) is 14.3 Å². The lowest BCUT2D eigenvalue weighted by molar-refractivity contribution is -0.303. The molecule has 1 amide bonds. The first-order chi connectivity index (χ1) is 28.8. The Morgan fingerprint density at radius 3 is 1.25 bits per heavy atom. The number of ether oxygens (including phenoxy) is 2. The molecule has 1 saturated heterocycles. The Morgan fingerprint density at radius 2 is 0.881 bits per heavy atom. The highest BCUT2D eigenvalue weighted by atomic mass is 16.7. The standard InChI is InChI=1S/C49H97NO9/c1-3-5-7-9-11-13-15-17-18-19-20-21-22-23-24-26-28-30-32-34-36-38-44(53)50-41(40-58-49-48(57)47(56)46(55)43(39-51)59-49)45(54)42(52)37-35-33-31-29-27-25-16-14-12-10-8-6-4-2/h41-43,45-49,51-52,54-57H,3-40H2,1-2H3,(H,50,53)/t41-,42+,43+,45-,46-,47?,48?,49+/m0/s1. The van der Waals surface area contributed by atoms with Gasteiger partial charge in [-0.3, -0.25) is 4.79 Å². The molecular weight excluding hydrogens is 747 g/mol. The Balaban J connectivity index is 2.30. The second-order valence-corrected chi connectivity index (χ2v) is 18.1. The summed E-state index contributed by atoms with van der Waals surface area (Å²) in [6.07, 6.45) is 34.0. The summed E-state index contributed by atoms with van der Waals surface area (Å²) in [6.45, 7) is 3.63. The van der Waals surface area contributed by atoms with E-state index in [1.54, 1.807) is 0 Å². The highest BCUT2D eigenvalue weighted by Crippen LogP contribution is 2.23. The van der Waals surface area contributed by atoms with E-state index in [-0.39, 0.29) is 18.9 Å². The summed E-state index contributed by atoms with van der Waals surface area (Å²) >= 11 is 0. The Morgan fingerprint density at radius 1 is 0.525 bits per heavy atom. The van der Waals surface area contributed by atoms with Gasteiger partial charge in [-0.15, -0.1) is 0 Å². The predicted molar refractivity (Wildman–Crippen MR) is 241 cm³/mol. The number of rotatable bonds is 43. The number of carbonyl (C=O) groups is 1. The summed E-state index contributed by atoms with van der Waals surface area (Å²) in [5, 5.41) is 65.3. The topological polar surface area (TPSA) is 169 Å².